The van der Waals surface area contributed by atoms with Gasteiger partial charge in [-0.05, 0) is 38.3 Å². The minimum atomic E-state index is -4.21. The first-order chi connectivity index (χ1) is 7.40. The van der Waals surface area contributed by atoms with E-state index in [4.69, 9.17) is 5.73 Å². The Morgan fingerprint density at radius 3 is 2.38 bits per heavy atom. The zero-order valence-electron chi connectivity index (χ0n) is 9.02. The minimum absolute atomic E-state index is 0.00102. The first kappa shape index (κ1) is 13.3. The molecule has 0 bridgehead atoms. The SMILES string of the molecule is NC(=O)C(CCC(F)(F)F)C1CCNCC1. The van der Waals surface area contributed by atoms with Gasteiger partial charge in [-0.25, -0.2) is 0 Å². The Hall–Kier alpha value is -0.780. The number of carbonyl (C=O) groups is 1. The molecule has 0 saturated carbocycles. The zero-order chi connectivity index (χ0) is 12.2. The van der Waals surface area contributed by atoms with Crippen molar-refractivity contribution in [3.8, 4) is 0 Å². The van der Waals surface area contributed by atoms with Gasteiger partial charge in [0.1, 0.15) is 0 Å². The monoisotopic (exact) mass is 238 g/mol. The lowest BCUT2D eigenvalue weighted by Gasteiger charge is -2.28. The lowest BCUT2D eigenvalue weighted by molar-refractivity contribution is -0.142. The molecule has 0 aromatic carbocycles. The summed E-state index contributed by atoms with van der Waals surface area (Å²) >= 11 is 0. The van der Waals surface area contributed by atoms with E-state index in [9.17, 15) is 18.0 Å². The van der Waals surface area contributed by atoms with Gasteiger partial charge in [-0.15, -0.1) is 0 Å². The maximum absolute atomic E-state index is 12.1. The fraction of sp³-hybridized carbons (Fsp3) is 0.900. The molecule has 1 atom stereocenters. The number of primary amides is 1. The predicted octanol–water partition coefficient (Wildman–Crippen LogP) is 1.43. The van der Waals surface area contributed by atoms with Crippen molar-refractivity contribution in [2.45, 2.75) is 31.9 Å². The lowest BCUT2D eigenvalue weighted by atomic mass is 9.81. The van der Waals surface area contributed by atoms with Gasteiger partial charge in [-0.3, -0.25) is 4.79 Å². The van der Waals surface area contributed by atoms with E-state index in [0.29, 0.717) is 0 Å². The summed E-state index contributed by atoms with van der Waals surface area (Å²) in [7, 11) is 0. The Morgan fingerprint density at radius 1 is 1.38 bits per heavy atom. The van der Waals surface area contributed by atoms with Crippen LogP contribution in [0.25, 0.3) is 0 Å². The van der Waals surface area contributed by atoms with Crippen molar-refractivity contribution in [1.82, 2.24) is 5.32 Å². The van der Waals surface area contributed by atoms with Crippen LogP contribution in [-0.2, 0) is 4.79 Å². The van der Waals surface area contributed by atoms with Crippen molar-refractivity contribution in [2.24, 2.45) is 17.6 Å². The van der Waals surface area contributed by atoms with Crippen LogP contribution in [0.2, 0.25) is 0 Å². The normalized spacial score (nSPS) is 20.7. The van der Waals surface area contributed by atoms with Crippen LogP contribution in [0.5, 0.6) is 0 Å². The molecular formula is C10H17F3N2O. The summed E-state index contributed by atoms with van der Waals surface area (Å²) in [6.07, 6.45) is -3.86. The largest absolute Gasteiger partial charge is 0.389 e. The molecule has 1 rings (SSSR count). The number of rotatable bonds is 4. The molecule has 0 aromatic rings. The van der Waals surface area contributed by atoms with E-state index in [-0.39, 0.29) is 12.3 Å². The fourth-order valence-electron chi connectivity index (χ4n) is 2.18. The predicted molar refractivity (Wildman–Crippen MR) is 53.6 cm³/mol. The molecule has 0 spiro atoms. The van der Waals surface area contributed by atoms with Crippen LogP contribution in [0.3, 0.4) is 0 Å². The molecule has 16 heavy (non-hydrogen) atoms. The second kappa shape index (κ2) is 5.52. The van der Waals surface area contributed by atoms with E-state index in [1.54, 1.807) is 0 Å². The number of alkyl halides is 3. The molecule has 1 unspecified atom stereocenters. The second-order valence-electron chi connectivity index (χ2n) is 4.25. The molecule has 6 heteroatoms. The van der Waals surface area contributed by atoms with Crippen LogP contribution in [0.4, 0.5) is 13.2 Å². The van der Waals surface area contributed by atoms with Gasteiger partial charge in [0.05, 0.1) is 0 Å². The standard InChI is InChI=1S/C10H17F3N2O/c11-10(12,13)4-1-8(9(14)16)7-2-5-15-6-3-7/h7-8,15H,1-6H2,(H2,14,16). The van der Waals surface area contributed by atoms with Gasteiger partial charge in [0.15, 0.2) is 0 Å². The Labute approximate surface area is 92.6 Å². The quantitative estimate of drug-likeness (QED) is 0.778. The van der Waals surface area contributed by atoms with Gasteiger partial charge in [0, 0.05) is 12.3 Å². The average Bonchev–Trinajstić information content (AvgIpc) is 2.17. The van der Waals surface area contributed by atoms with Gasteiger partial charge in [-0.1, -0.05) is 0 Å². The van der Waals surface area contributed by atoms with Gasteiger partial charge in [-0.2, -0.15) is 13.2 Å². The van der Waals surface area contributed by atoms with Crippen LogP contribution in [0.15, 0.2) is 0 Å². The van der Waals surface area contributed by atoms with Crippen molar-refractivity contribution in [3.05, 3.63) is 0 Å². The Morgan fingerprint density at radius 2 is 1.94 bits per heavy atom. The molecule has 0 aromatic heterocycles. The molecular weight excluding hydrogens is 221 g/mol. The number of amides is 1. The highest BCUT2D eigenvalue weighted by molar-refractivity contribution is 5.76. The summed E-state index contributed by atoms with van der Waals surface area (Å²) in [5, 5.41) is 3.11. The number of carbonyl (C=O) groups excluding carboxylic acids is 1. The molecule has 0 radical (unpaired) electrons. The maximum Gasteiger partial charge on any atom is 0.389 e. The molecule has 1 aliphatic rings. The summed E-state index contributed by atoms with van der Waals surface area (Å²) < 4.78 is 36.2. The third-order valence-electron chi connectivity index (χ3n) is 3.06. The van der Waals surface area contributed by atoms with E-state index in [0.717, 1.165) is 25.9 Å². The Kier molecular flexibility index (Phi) is 4.58. The van der Waals surface area contributed by atoms with E-state index in [1.165, 1.54) is 0 Å². The van der Waals surface area contributed by atoms with Crippen molar-refractivity contribution in [1.29, 1.82) is 0 Å². The first-order valence-corrected chi connectivity index (χ1v) is 5.47. The van der Waals surface area contributed by atoms with E-state index in [2.05, 4.69) is 5.32 Å². The molecule has 94 valence electrons. The summed E-state index contributed by atoms with van der Waals surface area (Å²) in [4.78, 5) is 11.2. The highest BCUT2D eigenvalue weighted by atomic mass is 19.4. The third-order valence-corrected chi connectivity index (χ3v) is 3.06. The number of hydrogen-bond donors (Lipinski definition) is 2. The van der Waals surface area contributed by atoms with Crippen LogP contribution in [0, 0.1) is 11.8 Å². The van der Waals surface area contributed by atoms with Crippen molar-refractivity contribution in [3.63, 3.8) is 0 Å². The van der Waals surface area contributed by atoms with Crippen LogP contribution >= 0.6 is 0 Å². The highest BCUT2D eigenvalue weighted by Gasteiger charge is 2.33. The van der Waals surface area contributed by atoms with E-state index in [1.807, 2.05) is 0 Å². The smallest absolute Gasteiger partial charge is 0.369 e. The average molecular weight is 238 g/mol. The summed E-state index contributed by atoms with van der Waals surface area (Å²) in [5.41, 5.74) is 5.17. The molecule has 1 amide bonds. The Bertz CT molecular complexity index is 237. The highest BCUT2D eigenvalue weighted by Crippen LogP contribution is 2.30. The molecule has 1 heterocycles. The number of nitrogens with one attached hydrogen (secondary N) is 1. The third kappa shape index (κ3) is 4.38. The Balaban J connectivity index is 2.49. The number of piperidine rings is 1. The van der Waals surface area contributed by atoms with Crippen LogP contribution in [-0.4, -0.2) is 25.2 Å². The molecule has 1 fully saturated rings. The van der Waals surface area contributed by atoms with Gasteiger partial charge in [0.25, 0.3) is 0 Å². The van der Waals surface area contributed by atoms with Crippen LogP contribution in [0.1, 0.15) is 25.7 Å². The van der Waals surface area contributed by atoms with Gasteiger partial charge in [0.2, 0.25) is 5.91 Å². The number of halogens is 3. The summed E-state index contributed by atoms with van der Waals surface area (Å²) in [5.74, 6) is -1.24. The molecule has 1 saturated heterocycles. The maximum atomic E-state index is 12.1. The van der Waals surface area contributed by atoms with E-state index < -0.39 is 24.4 Å². The number of hydrogen-bond acceptors (Lipinski definition) is 2. The molecule has 3 N–H and O–H groups in total. The summed E-state index contributed by atoms with van der Waals surface area (Å²) in [6.45, 7) is 1.50. The van der Waals surface area contributed by atoms with Crippen molar-refractivity contribution >= 4 is 5.91 Å². The fourth-order valence-corrected chi connectivity index (χ4v) is 2.18. The molecule has 1 aliphatic heterocycles. The minimum Gasteiger partial charge on any atom is -0.369 e. The number of nitrogens with two attached hydrogens (primary N) is 1. The topological polar surface area (TPSA) is 55.1 Å². The van der Waals surface area contributed by atoms with Gasteiger partial charge < -0.3 is 11.1 Å². The zero-order valence-corrected chi connectivity index (χ0v) is 9.02. The van der Waals surface area contributed by atoms with Gasteiger partial charge >= 0.3 is 6.18 Å². The van der Waals surface area contributed by atoms with Crippen molar-refractivity contribution < 1.29 is 18.0 Å². The lowest BCUT2D eigenvalue weighted by Crippen LogP contribution is -2.37. The first-order valence-electron chi connectivity index (χ1n) is 5.47. The summed E-state index contributed by atoms with van der Waals surface area (Å²) in [6, 6.07) is 0. The van der Waals surface area contributed by atoms with E-state index >= 15 is 0 Å². The molecule has 0 aliphatic carbocycles. The second-order valence-corrected chi connectivity index (χ2v) is 4.25. The van der Waals surface area contributed by atoms with Crippen molar-refractivity contribution in [2.75, 3.05) is 13.1 Å². The van der Waals surface area contributed by atoms with Crippen LogP contribution < -0.4 is 11.1 Å². The molecule has 3 nitrogen and oxygen atoms in total.